The first-order valence-electron chi connectivity index (χ1n) is 9.03. The van der Waals surface area contributed by atoms with Crippen molar-refractivity contribution in [3.05, 3.63) is 101 Å². The molecule has 5 heteroatoms. The molecule has 5 nitrogen and oxygen atoms in total. The Hall–Kier alpha value is -4.04. The number of amides is 2. The van der Waals surface area contributed by atoms with Crippen molar-refractivity contribution in [2.24, 2.45) is 0 Å². The monoisotopic (exact) mass is 384 g/mol. The summed E-state index contributed by atoms with van der Waals surface area (Å²) in [4.78, 5) is 23.6. The minimum absolute atomic E-state index is 0.324. The third-order valence-electron chi connectivity index (χ3n) is 4.07. The molecule has 0 aliphatic carbocycles. The van der Waals surface area contributed by atoms with Crippen molar-refractivity contribution in [1.82, 2.24) is 5.32 Å². The Morgan fingerprint density at radius 1 is 0.862 bits per heavy atom. The number of hydrogen-bond acceptors (Lipinski definition) is 3. The molecule has 0 fully saturated rings. The predicted octanol–water partition coefficient (Wildman–Crippen LogP) is 4.19. The zero-order valence-electron chi connectivity index (χ0n) is 15.9. The van der Waals surface area contributed by atoms with E-state index in [0.717, 1.165) is 16.7 Å². The van der Waals surface area contributed by atoms with E-state index in [1.54, 1.807) is 30.3 Å². The number of nitrogens with one attached hydrogen (secondary N) is 2. The molecule has 144 valence electrons. The molecular formula is C24H20N2O3. The van der Waals surface area contributed by atoms with Crippen LogP contribution in [0.5, 0.6) is 0 Å². The highest BCUT2D eigenvalue weighted by Gasteiger charge is 2.06. The molecule has 3 rings (SSSR count). The van der Waals surface area contributed by atoms with Crippen molar-refractivity contribution in [3.8, 4) is 11.8 Å². The first-order valence-corrected chi connectivity index (χ1v) is 9.03. The Labute approximate surface area is 169 Å². The second-order valence-electron chi connectivity index (χ2n) is 6.19. The van der Waals surface area contributed by atoms with Crippen molar-refractivity contribution in [2.45, 2.75) is 6.54 Å². The van der Waals surface area contributed by atoms with Crippen molar-refractivity contribution in [3.63, 3.8) is 0 Å². The summed E-state index contributed by atoms with van der Waals surface area (Å²) < 4.78 is 4.66. The summed E-state index contributed by atoms with van der Waals surface area (Å²) in [6.07, 6.45) is 0. The molecule has 0 radical (unpaired) electrons. The number of ether oxygens (including phenoxy) is 1. The molecule has 0 saturated heterocycles. The maximum absolute atomic E-state index is 12.2. The smallest absolute Gasteiger partial charge is 0.337 e. The molecule has 2 amide bonds. The SMILES string of the molecule is COC(=O)c1ccc(CNC(=O)Nc2cccc(C#Cc3ccccc3)c2)cc1. The number of rotatable bonds is 4. The highest BCUT2D eigenvalue weighted by molar-refractivity contribution is 5.90. The van der Waals surface area contributed by atoms with Gasteiger partial charge in [-0.05, 0) is 48.0 Å². The lowest BCUT2D eigenvalue weighted by Gasteiger charge is -2.08. The van der Waals surface area contributed by atoms with E-state index in [1.807, 2.05) is 48.5 Å². The van der Waals surface area contributed by atoms with Gasteiger partial charge >= 0.3 is 12.0 Å². The quantitative estimate of drug-likeness (QED) is 0.523. The van der Waals surface area contributed by atoms with Gasteiger partial charge in [0.25, 0.3) is 0 Å². The summed E-state index contributed by atoms with van der Waals surface area (Å²) in [5.74, 6) is 5.79. The summed E-state index contributed by atoms with van der Waals surface area (Å²) in [5.41, 5.74) is 3.74. The summed E-state index contributed by atoms with van der Waals surface area (Å²) in [6.45, 7) is 0.334. The van der Waals surface area contributed by atoms with Crippen molar-refractivity contribution < 1.29 is 14.3 Å². The molecule has 0 bridgehead atoms. The van der Waals surface area contributed by atoms with Gasteiger partial charge in [-0.25, -0.2) is 9.59 Å². The van der Waals surface area contributed by atoms with Gasteiger partial charge in [0, 0.05) is 23.4 Å². The normalized spacial score (nSPS) is 9.69. The average Bonchev–Trinajstić information content (AvgIpc) is 2.77. The third kappa shape index (κ3) is 5.98. The maximum atomic E-state index is 12.2. The number of esters is 1. The summed E-state index contributed by atoms with van der Waals surface area (Å²) in [5, 5.41) is 5.58. The van der Waals surface area contributed by atoms with Gasteiger partial charge in [0.05, 0.1) is 12.7 Å². The van der Waals surface area contributed by atoms with E-state index in [-0.39, 0.29) is 6.03 Å². The third-order valence-corrected chi connectivity index (χ3v) is 4.07. The number of carbonyl (C=O) groups is 2. The number of methoxy groups -OCH3 is 1. The molecule has 0 atom stereocenters. The van der Waals surface area contributed by atoms with Gasteiger partial charge < -0.3 is 15.4 Å². The fourth-order valence-electron chi connectivity index (χ4n) is 2.57. The second-order valence-corrected chi connectivity index (χ2v) is 6.19. The van der Waals surface area contributed by atoms with Crippen LogP contribution in [0.1, 0.15) is 27.0 Å². The first kappa shape index (κ1) is 19.7. The van der Waals surface area contributed by atoms with E-state index in [4.69, 9.17) is 0 Å². The van der Waals surface area contributed by atoms with E-state index in [9.17, 15) is 9.59 Å². The highest BCUT2D eigenvalue weighted by Crippen LogP contribution is 2.10. The molecule has 0 saturated carbocycles. The van der Waals surface area contributed by atoms with Crippen LogP contribution in [-0.4, -0.2) is 19.1 Å². The number of urea groups is 1. The molecule has 2 N–H and O–H groups in total. The largest absolute Gasteiger partial charge is 0.465 e. The molecule has 0 unspecified atom stereocenters. The minimum Gasteiger partial charge on any atom is -0.465 e. The molecule has 0 spiro atoms. The minimum atomic E-state index is -0.391. The zero-order chi connectivity index (χ0) is 20.5. The fourth-order valence-corrected chi connectivity index (χ4v) is 2.57. The lowest BCUT2D eigenvalue weighted by molar-refractivity contribution is 0.0600. The van der Waals surface area contributed by atoms with Crippen LogP contribution in [0.3, 0.4) is 0 Å². The molecule has 0 aliphatic rings. The molecule has 29 heavy (non-hydrogen) atoms. The molecule has 0 heterocycles. The number of hydrogen-bond donors (Lipinski definition) is 2. The Morgan fingerprint density at radius 2 is 1.55 bits per heavy atom. The number of benzene rings is 3. The fraction of sp³-hybridized carbons (Fsp3) is 0.0833. The van der Waals surface area contributed by atoms with Gasteiger partial charge in [-0.1, -0.05) is 48.2 Å². The Morgan fingerprint density at radius 3 is 2.28 bits per heavy atom. The van der Waals surface area contributed by atoms with Crippen molar-refractivity contribution in [1.29, 1.82) is 0 Å². The number of anilines is 1. The van der Waals surface area contributed by atoms with Gasteiger partial charge in [0.1, 0.15) is 0 Å². The molecule has 3 aromatic carbocycles. The first-order chi connectivity index (χ1) is 14.1. The van der Waals surface area contributed by atoms with Crippen LogP contribution in [0.15, 0.2) is 78.9 Å². The van der Waals surface area contributed by atoms with E-state index in [2.05, 4.69) is 27.2 Å². The lowest BCUT2D eigenvalue weighted by atomic mass is 10.1. The van der Waals surface area contributed by atoms with E-state index >= 15 is 0 Å². The van der Waals surface area contributed by atoms with E-state index in [0.29, 0.717) is 17.8 Å². The van der Waals surface area contributed by atoms with Gasteiger partial charge in [-0.2, -0.15) is 0 Å². The average molecular weight is 384 g/mol. The summed E-state index contributed by atoms with van der Waals surface area (Å²) in [7, 11) is 1.34. The van der Waals surface area contributed by atoms with Gasteiger partial charge in [0.15, 0.2) is 0 Å². The Kier molecular flexibility index (Phi) is 6.64. The maximum Gasteiger partial charge on any atom is 0.337 e. The van der Waals surface area contributed by atoms with Crippen LogP contribution in [0, 0.1) is 11.8 Å². The summed E-state index contributed by atoms with van der Waals surface area (Å²) >= 11 is 0. The zero-order valence-corrected chi connectivity index (χ0v) is 15.9. The number of carbonyl (C=O) groups excluding carboxylic acids is 2. The Balaban J connectivity index is 1.55. The van der Waals surface area contributed by atoms with Gasteiger partial charge in [-0.15, -0.1) is 0 Å². The van der Waals surface area contributed by atoms with Crippen LogP contribution >= 0.6 is 0 Å². The van der Waals surface area contributed by atoms with Crippen LogP contribution < -0.4 is 10.6 Å². The molecule has 3 aromatic rings. The summed E-state index contributed by atoms with van der Waals surface area (Å²) in [6, 6.07) is 23.6. The second kappa shape index (κ2) is 9.77. The Bertz CT molecular complexity index is 1050. The van der Waals surface area contributed by atoms with E-state index < -0.39 is 5.97 Å². The van der Waals surface area contributed by atoms with Crippen molar-refractivity contribution >= 4 is 17.7 Å². The van der Waals surface area contributed by atoms with Gasteiger partial charge in [-0.3, -0.25) is 0 Å². The van der Waals surface area contributed by atoms with E-state index in [1.165, 1.54) is 7.11 Å². The standard InChI is InChI=1S/C24H20N2O3/c1-29-23(27)21-14-12-20(13-15-21)17-25-24(28)26-22-9-5-8-19(16-22)11-10-18-6-3-2-4-7-18/h2-9,12-16H,17H2,1H3,(H2,25,26,28). The molecule has 0 aliphatic heterocycles. The van der Waals surface area contributed by atoms with Crippen LogP contribution in [0.25, 0.3) is 0 Å². The highest BCUT2D eigenvalue weighted by atomic mass is 16.5. The lowest BCUT2D eigenvalue weighted by Crippen LogP contribution is -2.28. The predicted molar refractivity (Wildman–Crippen MR) is 113 cm³/mol. The van der Waals surface area contributed by atoms with Crippen molar-refractivity contribution in [2.75, 3.05) is 12.4 Å². The van der Waals surface area contributed by atoms with Crippen LogP contribution in [0.2, 0.25) is 0 Å². The van der Waals surface area contributed by atoms with Crippen LogP contribution in [-0.2, 0) is 11.3 Å². The van der Waals surface area contributed by atoms with Gasteiger partial charge in [0.2, 0.25) is 0 Å². The molecule has 0 aromatic heterocycles. The molecular weight excluding hydrogens is 364 g/mol. The van der Waals surface area contributed by atoms with Crippen LogP contribution in [0.4, 0.5) is 10.5 Å². The topological polar surface area (TPSA) is 67.4 Å².